The van der Waals surface area contributed by atoms with Crippen molar-refractivity contribution in [2.24, 2.45) is 5.92 Å². The molecule has 2 fully saturated rings. The summed E-state index contributed by atoms with van der Waals surface area (Å²) in [5.41, 5.74) is 0.818. The number of nitrogens with one attached hydrogen (secondary N) is 1. The van der Waals surface area contributed by atoms with Gasteiger partial charge in [0, 0.05) is 45.1 Å². The monoisotopic (exact) mass is 442 g/mol. The molecule has 3 aliphatic heterocycles. The molecule has 0 aliphatic carbocycles. The van der Waals surface area contributed by atoms with Crippen molar-refractivity contribution < 1.29 is 19.1 Å². The number of amides is 4. The maximum atomic E-state index is 13.3. The third-order valence-electron chi connectivity index (χ3n) is 6.73. The number of fused-ring (bicyclic) bond motifs is 1. The molecule has 1 N–H and O–H groups in total. The number of para-hydroxylation sites is 2. The molecule has 2 saturated heterocycles. The molecular formula is C24H34N4O4. The predicted molar refractivity (Wildman–Crippen MR) is 122 cm³/mol. The van der Waals surface area contributed by atoms with Crippen molar-refractivity contribution in [3.8, 4) is 5.75 Å². The number of hydrogen-bond donors (Lipinski definition) is 1. The number of likely N-dealkylation sites (tertiary alicyclic amines) is 2. The summed E-state index contributed by atoms with van der Waals surface area (Å²) < 4.78 is 6.00. The van der Waals surface area contributed by atoms with E-state index in [0.29, 0.717) is 52.0 Å². The molecule has 3 aliphatic rings. The van der Waals surface area contributed by atoms with Gasteiger partial charge in [-0.25, -0.2) is 4.79 Å². The van der Waals surface area contributed by atoms with Gasteiger partial charge in [0.05, 0.1) is 12.2 Å². The van der Waals surface area contributed by atoms with Gasteiger partial charge in [0.1, 0.15) is 11.9 Å². The molecule has 0 spiro atoms. The maximum absolute atomic E-state index is 13.3. The smallest absolute Gasteiger partial charge is 0.324 e. The van der Waals surface area contributed by atoms with Crippen molar-refractivity contribution in [2.75, 3.05) is 44.2 Å². The van der Waals surface area contributed by atoms with E-state index in [-0.39, 0.29) is 29.9 Å². The Morgan fingerprint density at radius 1 is 1.16 bits per heavy atom. The second kappa shape index (κ2) is 10.2. The number of piperidine rings is 1. The number of carbonyl (C=O) groups is 3. The Balaban J connectivity index is 1.24. The van der Waals surface area contributed by atoms with Gasteiger partial charge in [-0.3, -0.25) is 14.5 Å². The van der Waals surface area contributed by atoms with Gasteiger partial charge in [0.25, 0.3) is 0 Å². The van der Waals surface area contributed by atoms with Gasteiger partial charge in [-0.05, 0) is 44.2 Å². The van der Waals surface area contributed by atoms with E-state index in [4.69, 9.17) is 4.74 Å². The quantitative estimate of drug-likeness (QED) is 0.687. The van der Waals surface area contributed by atoms with E-state index in [0.717, 1.165) is 37.2 Å². The van der Waals surface area contributed by atoms with Crippen molar-refractivity contribution in [1.29, 1.82) is 0 Å². The lowest BCUT2D eigenvalue weighted by molar-refractivity contribution is -0.127. The molecule has 1 aromatic rings. The van der Waals surface area contributed by atoms with E-state index in [1.807, 2.05) is 39.0 Å². The molecule has 8 heteroatoms. The van der Waals surface area contributed by atoms with Crippen LogP contribution in [0.25, 0.3) is 0 Å². The van der Waals surface area contributed by atoms with E-state index < -0.39 is 0 Å². The summed E-state index contributed by atoms with van der Waals surface area (Å²) >= 11 is 0. The van der Waals surface area contributed by atoms with Crippen LogP contribution in [0.15, 0.2) is 24.3 Å². The summed E-state index contributed by atoms with van der Waals surface area (Å²) in [6, 6.07) is 7.67. The predicted octanol–water partition coefficient (Wildman–Crippen LogP) is 2.62. The summed E-state index contributed by atoms with van der Waals surface area (Å²) in [4.78, 5) is 43.1. The average molecular weight is 443 g/mol. The number of ether oxygens (including phenoxy) is 1. The van der Waals surface area contributed by atoms with Crippen LogP contribution in [-0.2, 0) is 9.59 Å². The highest BCUT2D eigenvalue weighted by Gasteiger charge is 2.34. The molecule has 1 aromatic carbocycles. The van der Waals surface area contributed by atoms with Gasteiger partial charge in [0.15, 0.2) is 0 Å². The number of urea groups is 1. The number of nitrogens with zero attached hydrogens (tertiary/aromatic N) is 3. The molecule has 0 saturated carbocycles. The molecule has 0 bridgehead atoms. The molecule has 174 valence electrons. The van der Waals surface area contributed by atoms with Crippen molar-refractivity contribution in [3.63, 3.8) is 0 Å². The summed E-state index contributed by atoms with van der Waals surface area (Å²) in [6.45, 7) is 5.91. The third-order valence-corrected chi connectivity index (χ3v) is 6.73. The minimum Gasteiger partial charge on any atom is -0.486 e. The molecular weight excluding hydrogens is 408 g/mol. The Morgan fingerprint density at radius 2 is 1.94 bits per heavy atom. The van der Waals surface area contributed by atoms with Crippen molar-refractivity contribution >= 4 is 23.5 Å². The highest BCUT2D eigenvalue weighted by atomic mass is 16.5. The first-order valence-corrected chi connectivity index (χ1v) is 11.9. The van der Waals surface area contributed by atoms with Gasteiger partial charge < -0.3 is 19.9 Å². The standard InChI is InChI=1S/C24H34N4O4/c1-2-19-17-28(20-7-3-4-8-21(20)32-19)24(31)27-15-10-18(11-16-27)23(30)25-12-6-14-26-13-5-9-22(26)29/h3-4,7-8,18-19H,2,5-6,9-17H2,1H3,(H,25,30)/t19-/m0/s1. The first-order valence-electron chi connectivity index (χ1n) is 11.9. The molecule has 1 atom stereocenters. The second-order valence-electron chi connectivity index (χ2n) is 8.90. The molecule has 4 rings (SSSR count). The summed E-state index contributed by atoms with van der Waals surface area (Å²) in [7, 11) is 0. The van der Waals surface area contributed by atoms with Crippen molar-refractivity contribution in [2.45, 2.75) is 51.6 Å². The fourth-order valence-corrected chi connectivity index (χ4v) is 4.76. The first kappa shape index (κ1) is 22.4. The molecule has 0 aromatic heterocycles. The van der Waals surface area contributed by atoms with Crippen LogP contribution in [0.4, 0.5) is 10.5 Å². The number of rotatable bonds is 6. The molecule has 0 radical (unpaired) electrons. The lowest BCUT2D eigenvalue weighted by Crippen LogP contribution is -2.52. The van der Waals surface area contributed by atoms with Crippen LogP contribution >= 0.6 is 0 Å². The Hall–Kier alpha value is -2.77. The zero-order chi connectivity index (χ0) is 22.5. The molecule has 3 heterocycles. The van der Waals surface area contributed by atoms with Gasteiger partial charge in [-0.2, -0.15) is 0 Å². The van der Waals surface area contributed by atoms with Crippen LogP contribution in [0.3, 0.4) is 0 Å². The van der Waals surface area contributed by atoms with Crippen LogP contribution < -0.4 is 15.0 Å². The zero-order valence-electron chi connectivity index (χ0n) is 18.9. The minimum absolute atomic E-state index is 0.00617. The summed E-state index contributed by atoms with van der Waals surface area (Å²) in [5.74, 6) is 0.978. The van der Waals surface area contributed by atoms with E-state index in [2.05, 4.69) is 12.2 Å². The molecule has 4 amide bonds. The van der Waals surface area contributed by atoms with Crippen LogP contribution in [0.2, 0.25) is 0 Å². The van der Waals surface area contributed by atoms with Crippen LogP contribution in [-0.4, -0.2) is 73.0 Å². The van der Waals surface area contributed by atoms with Crippen LogP contribution in [0, 0.1) is 5.92 Å². The molecule has 8 nitrogen and oxygen atoms in total. The summed E-state index contributed by atoms with van der Waals surface area (Å²) in [5, 5.41) is 3.02. The number of carbonyl (C=O) groups excluding carboxylic acids is 3. The van der Waals surface area contributed by atoms with E-state index >= 15 is 0 Å². The number of anilines is 1. The van der Waals surface area contributed by atoms with Gasteiger partial charge in [0.2, 0.25) is 11.8 Å². The summed E-state index contributed by atoms with van der Waals surface area (Å²) in [6.07, 6.45) is 4.55. The normalized spacial score (nSPS) is 21.3. The minimum atomic E-state index is -0.0622. The number of hydrogen-bond acceptors (Lipinski definition) is 4. The second-order valence-corrected chi connectivity index (χ2v) is 8.90. The fraction of sp³-hybridized carbons (Fsp3) is 0.625. The zero-order valence-corrected chi connectivity index (χ0v) is 18.9. The number of benzene rings is 1. The third kappa shape index (κ3) is 5.00. The van der Waals surface area contributed by atoms with Crippen LogP contribution in [0.1, 0.15) is 45.4 Å². The molecule has 32 heavy (non-hydrogen) atoms. The lowest BCUT2D eigenvalue weighted by Gasteiger charge is -2.39. The van der Waals surface area contributed by atoms with Crippen molar-refractivity contribution in [3.05, 3.63) is 24.3 Å². The Bertz CT molecular complexity index is 837. The Labute approximate surface area is 189 Å². The first-order chi connectivity index (χ1) is 15.6. The topological polar surface area (TPSA) is 82.2 Å². The van der Waals surface area contributed by atoms with E-state index in [9.17, 15) is 14.4 Å². The van der Waals surface area contributed by atoms with Crippen molar-refractivity contribution in [1.82, 2.24) is 15.1 Å². The van der Waals surface area contributed by atoms with Gasteiger partial charge in [-0.15, -0.1) is 0 Å². The average Bonchev–Trinajstić information content (AvgIpc) is 3.25. The highest BCUT2D eigenvalue weighted by Crippen LogP contribution is 2.35. The Morgan fingerprint density at radius 3 is 2.66 bits per heavy atom. The van der Waals surface area contributed by atoms with E-state index in [1.54, 1.807) is 0 Å². The molecule has 0 unspecified atom stereocenters. The fourth-order valence-electron chi connectivity index (χ4n) is 4.76. The largest absolute Gasteiger partial charge is 0.486 e. The SMILES string of the molecule is CC[C@H]1CN(C(=O)N2CCC(C(=O)NCCCN3CCCC3=O)CC2)c2ccccc2O1. The maximum Gasteiger partial charge on any atom is 0.324 e. The van der Waals surface area contributed by atoms with Gasteiger partial charge in [-0.1, -0.05) is 19.1 Å². The highest BCUT2D eigenvalue weighted by molar-refractivity contribution is 5.94. The van der Waals surface area contributed by atoms with Crippen LogP contribution in [0.5, 0.6) is 5.75 Å². The van der Waals surface area contributed by atoms with E-state index in [1.165, 1.54) is 0 Å². The lowest BCUT2D eigenvalue weighted by atomic mass is 9.96. The Kier molecular flexibility index (Phi) is 7.17. The van der Waals surface area contributed by atoms with Gasteiger partial charge >= 0.3 is 6.03 Å².